The van der Waals surface area contributed by atoms with Crippen LogP contribution in [0.15, 0.2) is 12.7 Å². The molecule has 2 N–H and O–H groups in total. The number of aliphatic carboxylic acids is 1. The fourth-order valence-corrected chi connectivity index (χ4v) is 2.00. The molecule has 3 atom stereocenters. The van der Waals surface area contributed by atoms with Crippen molar-refractivity contribution in [3.8, 4) is 0 Å². The van der Waals surface area contributed by atoms with Crippen LogP contribution in [0.5, 0.6) is 0 Å². The van der Waals surface area contributed by atoms with Gasteiger partial charge < -0.3 is 15.3 Å². The van der Waals surface area contributed by atoms with Crippen LogP contribution in [-0.4, -0.2) is 46.9 Å². The molecule has 1 saturated heterocycles. The maximum absolute atomic E-state index is 11.9. The van der Waals surface area contributed by atoms with E-state index in [1.807, 2.05) is 0 Å². The molecule has 100 valence electrons. The van der Waals surface area contributed by atoms with E-state index in [2.05, 4.69) is 11.9 Å². The van der Waals surface area contributed by atoms with Crippen LogP contribution >= 0.6 is 0 Å². The van der Waals surface area contributed by atoms with Crippen LogP contribution in [0.4, 0.5) is 0 Å². The lowest BCUT2D eigenvalue weighted by molar-refractivity contribution is -0.143. The van der Waals surface area contributed by atoms with Crippen LogP contribution in [0, 0.1) is 5.92 Å². The molecule has 0 aliphatic carbocycles. The van der Waals surface area contributed by atoms with Gasteiger partial charge in [0.25, 0.3) is 0 Å². The molecule has 1 aliphatic heterocycles. The minimum atomic E-state index is -1.11. The number of carboxylic acids is 1. The number of nitrogens with one attached hydrogen (secondary N) is 1. The monoisotopic (exact) mass is 254 g/mol. The molecule has 0 aromatic heterocycles. The Morgan fingerprint density at radius 2 is 2.22 bits per heavy atom. The molecule has 6 nitrogen and oxygen atoms in total. The number of carboxylic acid groups (broad SMARTS) is 1. The Bertz CT molecular complexity index is 356. The molecule has 0 radical (unpaired) electrons. The molecule has 0 saturated carbocycles. The standard InChI is InChI=1S/C12H18N2O4/c1-3-8(2)10(12(17)18)13-11(16)9-5-4-6-14(9)7-15/h3,7-10H,1,4-6H2,2H3,(H,13,16)(H,17,18)/t8?,9-,10?/m0/s1. The van der Waals surface area contributed by atoms with Gasteiger partial charge in [0.05, 0.1) is 0 Å². The van der Waals surface area contributed by atoms with Crippen molar-refractivity contribution in [2.45, 2.75) is 31.8 Å². The summed E-state index contributed by atoms with van der Waals surface area (Å²) in [5.41, 5.74) is 0. The van der Waals surface area contributed by atoms with Crippen LogP contribution in [0.2, 0.25) is 0 Å². The summed E-state index contributed by atoms with van der Waals surface area (Å²) in [7, 11) is 0. The number of carbonyl (C=O) groups excluding carboxylic acids is 2. The second-order valence-corrected chi connectivity index (χ2v) is 4.42. The molecule has 1 rings (SSSR count). The number of rotatable bonds is 6. The lowest BCUT2D eigenvalue weighted by Crippen LogP contribution is -2.51. The van der Waals surface area contributed by atoms with Crippen molar-refractivity contribution in [1.29, 1.82) is 0 Å². The third-order valence-electron chi connectivity index (χ3n) is 3.19. The minimum absolute atomic E-state index is 0.377. The van der Waals surface area contributed by atoms with E-state index in [-0.39, 0.29) is 5.92 Å². The predicted molar refractivity (Wildman–Crippen MR) is 64.7 cm³/mol. The second-order valence-electron chi connectivity index (χ2n) is 4.42. The summed E-state index contributed by atoms with van der Waals surface area (Å²) >= 11 is 0. The normalized spacial score (nSPS) is 22.1. The summed E-state index contributed by atoms with van der Waals surface area (Å²) in [5, 5.41) is 11.5. The van der Waals surface area contributed by atoms with E-state index >= 15 is 0 Å². The Kier molecular flexibility index (Phi) is 4.88. The molecule has 1 fully saturated rings. The molecular formula is C12H18N2O4. The van der Waals surface area contributed by atoms with Gasteiger partial charge in [-0.1, -0.05) is 13.0 Å². The predicted octanol–water partition coefficient (Wildman–Crippen LogP) is -0.00130. The SMILES string of the molecule is C=CC(C)C(NC(=O)[C@@H]1CCCN1C=O)C(=O)O. The third kappa shape index (κ3) is 3.09. The van der Waals surface area contributed by atoms with Gasteiger partial charge in [-0.3, -0.25) is 9.59 Å². The Labute approximate surface area is 106 Å². The summed E-state index contributed by atoms with van der Waals surface area (Å²) in [5.74, 6) is -1.90. The van der Waals surface area contributed by atoms with E-state index in [0.717, 1.165) is 6.42 Å². The first-order chi connectivity index (χ1) is 8.51. The van der Waals surface area contributed by atoms with Gasteiger partial charge in [-0.05, 0) is 12.8 Å². The Balaban J connectivity index is 2.69. The van der Waals surface area contributed by atoms with E-state index in [9.17, 15) is 14.4 Å². The fourth-order valence-electron chi connectivity index (χ4n) is 2.00. The zero-order chi connectivity index (χ0) is 13.7. The highest BCUT2D eigenvalue weighted by molar-refractivity contribution is 5.88. The summed E-state index contributed by atoms with van der Waals surface area (Å²) in [6, 6.07) is -1.56. The van der Waals surface area contributed by atoms with E-state index in [1.165, 1.54) is 11.0 Å². The number of carbonyl (C=O) groups is 3. The van der Waals surface area contributed by atoms with Crippen molar-refractivity contribution >= 4 is 18.3 Å². The van der Waals surface area contributed by atoms with Gasteiger partial charge >= 0.3 is 5.97 Å². The van der Waals surface area contributed by atoms with E-state index in [4.69, 9.17) is 5.11 Å². The van der Waals surface area contributed by atoms with Crippen LogP contribution in [0.3, 0.4) is 0 Å². The first-order valence-electron chi connectivity index (χ1n) is 5.88. The number of hydrogen-bond acceptors (Lipinski definition) is 3. The van der Waals surface area contributed by atoms with Crippen molar-refractivity contribution < 1.29 is 19.5 Å². The van der Waals surface area contributed by atoms with Crippen molar-refractivity contribution in [2.24, 2.45) is 5.92 Å². The van der Waals surface area contributed by atoms with E-state index in [0.29, 0.717) is 19.4 Å². The van der Waals surface area contributed by atoms with Gasteiger partial charge in [-0.2, -0.15) is 0 Å². The van der Waals surface area contributed by atoms with Gasteiger partial charge in [0.15, 0.2) is 0 Å². The van der Waals surface area contributed by atoms with Crippen molar-refractivity contribution in [3.63, 3.8) is 0 Å². The molecule has 18 heavy (non-hydrogen) atoms. The lowest BCUT2D eigenvalue weighted by Gasteiger charge is -2.24. The van der Waals surface area contributed by atoms with Gasteiger partial charge in [0.1, 0.15) is 12.1 Å². The van der Waals surface area contributed by atoms with Crippen molar-refractivity contribution in [2.75, 3.05) is 6.54 Å². The molecule has 0 aromatic rings. The molecule has 0 spiro atoms. The minimum Gasteiger partial charge on any atom is -0.480 e. The molecule has 2 unspecified atom stereocenters. The number of amides is 2. The molecule has 6 heteroatoms. The zero-order valence-electron chi connectivity index (χ0n) is 10.3. The topological polar surface area (TPSA) is 86.7 Å². The average molecular weight is 254 g/mol. The molecule has 1 aliphatic rings. The van der Waals surface area contributed by atoms with Crippen LogP contribution in [0.25, 0.3) is 0 Å². The summed E-state index contributed by atoms with van der Waals surface area (Å²) in [4.78, 5) is 35.1. The number of hydrogen-bond donors (Lipinski definition) is 2. The number of nitrogens with zero attached hydrogens (tertiary/aromatic N) is 1. The first-order valence-corrected chi connectivity index (χ1v) is 5.88. The van der Waals surface area contributed by atoms with Crippen LogP contribution in [-0.2, 0) is 14.4 Å². The lowest BCUT2D eigenvalue weighted by atomic mass is 10.0. The second kappa shape index (κ2) is 6.18. The Morgan fingerprint density at radius 3 is 2.72 bits per heavy atom. The van der Waals surface area contributed by atoms with Gasteiger partial charge in [-0.25, -0.2) is 4.79 Å². The van der Waals surface area contributed by atoms with Gasteiger partial charge in [-0.15, -0.1) is 6.58 Å². The Morgan fingerprint density at radius 1 is 1.56 bits per heavy atom. The van der Waals surface area contributed by atoms with Crippen molar-refractivity contribution in [3.05, 3.63) is 12.7 Å². The Hall–Kier alpha value is -1.85. The first kappa shape index (κ1) is 14.2. The van der Waals surface area contributed by atoms with Gasteiger partial charge in [0, 0.05) is 12.5 Å². The fraction of sp³-hybridized carbons (Fsp3) is 0.583. The maximum atomic E-state index is 11.9. The molecule has 2 amide bonds. The molecule has 0 aromatic carbocycles. The average Bonchev–Trinajstić information content (AvgIpc) is 2.82. The van der Waals surface area contributed by atoms with E-state index in [1.54, 1.807) is 6.92 Å². The quantitative estimate of drug-likeness (QED) is 0.516. The van der Waals surface area contributed by atoms with Crippen LogP contribution < -0.4 is 5.32 Å². The molecule has 1 heterocycles. The van der Waals surface area contributed by atoms with E-state index < -0.39 is 24.0 Å². The third-order valence-corrected chi connectivity index (χ3v) is 3.19. The smallest absolute Gasteiger partial charge is 0.326 e. The largest absolute Gasteiger partial charge is 0.480 e. The van der Waals surface area contributed by atoms with Crippen LogP contribution in [0.1, 0.15) is 19.8 Å². The molecule has 0 bridgehead atoms. The maximum Gasteiger partial charge on any atom is 0.326 e. The van der Waals surface area contributed by atoms with Crippen molar-refractivity contribution in [1.82, 2.24) is 10.2 Å². The highest BCUT2D eigenvalue weighted by Gasteiger charge is 2.33. The summed E-state index contributed by atoms with van der Waals surface area (Å²) in [6.45, 7) is 5.72. The number of likely N-dealkylation sites (tertiary alicyclic amines) is 1. The highest BCUT2D eigenvalue weighted by atomic mass is 16.4. The highest BCUT2D eigenvalue weighted by Crippen LogP contribution is 2.16. The summed E-state index contributed by atoms with van der Waals surface area (Å²) < 4.78 is 0. The van der Waals surface area contributed by atoms with Gasteiger partial charge in [0.2, 0.25) is 12.3 Å². The molecular weight excluding hydrogens is 236 g/mol. The zero-order valence-corrected chi connectivity index (χ0v) is 10.3. The summed E-state index contributed by atoms with van der Waals surface area (Å²) in [6.07, 6.45) is 3.43.